The Morgan fingerprint density at radius 2 is 1.40 bits per heavy atom. The normalized spacial score (nSPS) is 28.6. The molecule has 4 fully saturated rings. The maximum Gasteiger partial charge on any atom is 0.407 e. The van der Waals surface area contributed by atoms with Gasteiger partial charge in [-0.05, 0) is 33.3 Å². The molecule has 4 saturated heterocycles. The highest BCUT2D eigenvalue weighted by Crippen LogP contribution is 2.49. The summed E-state index contributed by atoms with van der Waals surface area (Å²) in [6.45, 7) is 2.62. The number of β-lactam (4-membered cyclic amide) rings is 2. The van der Waals surface area contributed by atoms with E-state index in [1.807, 2.05) is 0 Å². The van der Waals surface area contributed by atoms with Crippen LogP contribution in [0.3, 0.4) is 0 Å². The number of alkyl carbamates (subject to hydrolysis) is 1. The standard InChI is InChI=1S/C28H33N3O14S2/c1-27(2)20(30-17(32)10-18(30)46(27,38)39)24(35)44-14-45-25(36)21-28(3,4)47(40,41)23-16(22(34)31(21)23)13-42-19(33)11-29-26(37)43-12-15-8-6-5-7-9-15/h5-9,16,18,20-21,23H,10-14H2,1-4H3,(H,29,37)/t16-,18+,20-,21-,23+/m0/s1. The molecule has 0 radical (unpaired) electrons. The fourth-order valence-electron chi connectivity index (χ4n) is 6.21. The maximum absolute atomic E-state index is 13.4. The molecule has 0 saturated carbocycles. The first-order valence-corrected chi connectivity index (χ1v) is 17.5. The summed E-state index contributed by atoms with van der Waals surface area (Å²) in [7, 11) is -8.13. The minimum atomic E-state index is -4.24. The lowest BCUT2D eigenvalue weighted by atomic mass is 9.92. The van der Waals surface area contributed by atoms with Gasteiger partial charge in [0.15, 0.2) is 25.0 Å². The smallest absolute Gasteiger partial charge is 0.407 e. The minimum Gasteiger partial charge on any atom is -0.463 e. The van der Waals surface area contributed by atoms with Crippen molar-refractivity contribution in [2.24, 2.45) is 5.92 Å². The molecule has 17 nitrogen and oxygen atoms in total. The van der Waals surface area contributed by atoms with Gasteiger partial charge in [-0.1, -0.05) is 30.3 Å². The second-order valence-corrected chi connectivity index (χ2v) is 17.8. The summed E-state index contributed by atoms with van der Waals surface area (Å²) < 4.78 is 68.7. The Hall–Kier alpha value is -4.26. The minimum absolute atomic E-state index is 0.0431. The molecule has 4 aliphatic rings. The number of carbonyl (C=O) groups excluding carboxylic acids is 6. The molecule has 0 aromatic heterocycles. The van der Waals surface area contributed by atoms with Crippen molar-refractivity contribution in [3.05, 3.63) is 35.9 Å². The first-order valence-electron chi connectivity index (χ1n) is 14.4. The summed E-state index contributed by atoms with van der Waals surface area (Å²) in [5, 5.41) is -0.496. The molecule has 3 amide bonds. The Labute approximate surface area is 269 Å². The van der Waals surface area contributed by atoms with E-state index in [0.717, 1.165) is 15.4 Å². The molecule has 256 valence electrons. The van der Waals surface area contributed by atoms with E-state index in [4.69, 9.17) is 18.9 Å². The molecular weight excluding hydrogens is 666 g/mol. The molecular formula is C28H33N3O14S2. The van der Waals surface area contributed by atoms with Gasteiger partial charge in [-0.15, -0.1) is 0 Å². The Bertz CT molecular complexity index is 1740. The van der Waals surface area contributed by atoms with Crippen molar-refractivity contribution in [3.8, 4) is 0 Å². The average molecular weight is 700 g/mol. The Morgan fingerprint density at radius 3 is 2.00 bits per heavy atom. The number of hydrogen-bond donors (Lipinski definition) is 1. The number of esters is 3. The second-order valence-electron chi connectivity index (χ2n) is 12.4. The van der Waals surface area contributed by atoms with E-state index in [9.17, 15) is 45.6 Å². The van der Waals surface area contributed by atoms with Crippen molar-refractivity contribution in [3.63, 3.8) is 0 Å². The van der Waals surface area contributed by atoms with Crippen LogP contribution in [0.25, 0.3) is 0 Å². The van der Waals surface area contributed by atoms with Crippen LogP contribution in [0.5, 0.6) is 0 Å². The molecule has 4 heterocycles. The van der Waals surface area contributed by atoms with Gasteiger partial charge in [0, 0.05) is 0 Å². The van der Waals surface area contributed by atoms with Gasteiger partial charge in [-0.3, -0.25) is 14.4 Å². The van der Waals surface area contributed by atoms with Crippen molar-refractivity contribution < 1.29 is 64.6 Å². The van der Waals surface area contributed by atoms with Gasteiger partial charge in [0.1, 0.15) is 43.1 Å². The van der Waals surface area contributed by atoms with Crippen LogP contribution in [0.2, 0.25) is 0 Å². The van der Waals surface area contributed by atoms with Gasteiger partial charge >= 0.3 is 24.0 Å². The number of nitrogens with zero attached hydrogens (tertiary/aromatic N) is 2. The summed E-state index contributed by atoms with van der Waals surface area (Å²) >= 11 is 0. The predicted octanol–water partition coefficient (Wildman–Crippen LogP) is -1.01. The van der Waals surface area contributed by atoms with Crippen LogP contribution in [0.1, 0.15) is 39.7 Å². The first kappa shape index (κ1) is 34.1. The predicted molar refractivity (Wildman–Crippen MR) is 156 cm³/mol. The summed E-state index contributed by atoms with van der Waals surface area (Å²) in [4.78, 5) is 76.8. The van der Waals surface area contributed by atoms with Crippen molar-refractivity contribution >= 4 is 55.5 Å². The quantitative estimate of drug-likeness (QED) is 0.134. The summed E-state index contributed by atoms with van der Waals surface area (Å²) in [5.41, 5.74) is 0.718. The Morgan fingerprint density at radius 1 is 0.830 bits per heavy atom. The molecule has 1 aromatic carbocycles. The molecule has 19 heteroatoms. The van der Waals surface area contributed by atoms with Gasteiger partial charge in [-0.25, -0.2) is 31.2 Å². The largest absolute Gasteiger partial charge is 0.463 e. The van der Waals surface area contributed by atoms with E-state index in [0.29, 0.717) is 0 Å². The van der Waals surface area contributed by atoms with Crippen LogP contribution in [0.4, 0.5) is 4.79 Å². The maximum atomic E-state index is 13.4. The van der Waals surface area contributed by atoms with Crippen molar-refractivity contribution in [1.82, 2.24) is 15.1 Å². The monoisotopic (exact) mass is 699 g/mol. The van der Waals surface area contributed by atoms with E-state index in [1.165, 1.54) is 27.7 Å². The molecule has 1 aromatic rings. The molecule has 0 spiro atoms. The third kappa shape index (κ3) is 5.38. The molecule has 0 unspecified atom stereocenters. The van der Waals surface area contributed by atoms with Crippen molar-refractivity contribution in [1.29, 1.82) is 0 Å². The molecule has 0 aliphatic carbocycles. The van der Waals surface area contributed by atoms with E-state index in [-0.39, 0.29) is 13.0 Å². The molecule has 0 bridgehead atoms. The third-order valence-electron chi connectivity index (χ3n) is 9.02. The van der Waals surface area contributed by atoms with E-state index < -0.39 is 114 Å². The van der Waals surface area contributed by atoms with Crippen LogP contribution in [0, 0.1) is 5.92 Å². The molecule has 1 N–H and O–H groups in total. The van der Waals surface area contributed by atoms with Crippen molar-refractivity contribution in [2.45, 2.75) is 73.0 Å². The second kappa shape index (κ2) is 11.8. The Balaban J connectivity index is 1.13. The first-order chi connectivity index (χ1) is 21.9. The van der Waals surface area contributed by atoms with E-state index >= 15 is 0 Å². The summed E-state index contributed by atoms with van der Waals surface area (Å²) in [5.74, 6) is -6.03. The highest BCUT2D eigenvalue weighted by Gasteiger charge is 2.73. The van der Waals surface area contributed by atoms with E-state index in [2.05, 4.69) is 5.32 Å². The van der Waals surface area contributed by atoms with Gasteiger partial charge in [0.05, 0.1) is 15.9 Å². The zero-order valence-electron chi connectivity index (χ0n) is 25.7. The Kier molecular flexibility index (Phi) is 8.53. The fourth-order valence-corrected chi connectivity index (χ4v) is 10.6. The van der Waals surface area contributed by atoms with Gasteiger partial charge in [0.25, 0.3) is 0 Å². The number of hydrogen-bond acceptors (Lipinski definition) is 14. The number of nitrogens with one attached hydrogen (secondary N) is 1. The van der Waals surface area contributed by atoms with Crippen LogP contribution in [-0.4, -0.2) is 115 Å². The van der Waals surface area contributed by atoms with Crippen LogP contribution in [0.15, 0.2) is 30.3 Å². The number of ether oxygens (including phenoxy) is 4. The SMILES string of the molecule is CC1(C)[C@H](C(=O)OCOC(=O)[C@@H]2N3C(=O)[C@H](COC(=O)CNC(=O)OCc4ccccc4)[C@H]3S(=O)(=O)C2(C)C)N2C(=O)C[C@H]2S1(=O)=O. The van der Waals surface area contributed by atoms with Gasteiger partial charge in [-0.2, -0.15) is 0 Å². The number of rotatable bonds is 10. The zero-order valence-corrected chi connectivity index (χ0v) is 27.4. The third-order valence-corrected chi connectivity index (χ3v) is 14.7. The number of sulfone groups is 2. The average Bonchev–Trinajstić information content (AvgIpc) is 3.23. The lowest BCUT2D eigenvalue weighted by Crippen LogP contribution is -2.65. The summed E-state index contributed by atoms with van der Waals surface area (Å²) in [6.07, 6.45) is -1.17. The van der Waals surface area contributed by atoms with Gasteiger partial charge < -0.3 is 34.1 Å². The molecule has 5 rings (SSSR count). The van der Waals surface area contributed by atoms with Crippen LogP contribution in [-0.2, 0) is 69.2 Å². The van der Waals surface area contributed by atoms with Crippen molar-refractivity contribution in [2.75, 3.05) is 19.9 Å². The number of amides is 3. The molecule has 47 heavy (non-hydrogen) atoms. The lowest BCUT2D eigenvalue weighted by molar-refractivity contribution is -0.183. The van der Waals surface area contributed by atoms with Crippen LogP contribution < -0.4 is 5.32 Å². The van der Waals surface area contributed by atoms with E-state index in [1.54, 1.807) is 30.3 Å². The molecule has 4 aliphatic heterocycles. The highest BCUT2D eigenvalue weighted by atomic mass is 32.2. The number of fused-ring (bicyclic) bond motifs is 2. The zero-order chi connectivity index (χ0) is 34.7. The lowest BCUT2D eigenvalue weighted by Gasteiger charge is -2.42. The number of carbonyl (C=O) groups is 6. The highest BCUT2D eigenvalue weighted by molar-refractivity contribution is 7.94. The summed E-state index contributed by atoms with van der Waals surface area (Å²) in [6, 6.07) is 5.63. The van der Waals surface area contributed by atoms with Gasteiger partial charge in [0.2, 0.25) is 18.6 Å². The topological polar surface area (TPSA) is 226 Å². The molecule has 5 atom stereocenters. The van der Waals surface area contributed by atoms with Crippen LogP contribution >= 0.6 is 0 Å². The fraction of sp³-hybridized carbons (Fsp3) is 0.571. The number of benzene rings is 1.